The summed E-state index contributed by atoms with van der Waals surface area (Å²) in [7, 11) is 0. The van der Waals surface area contributed by atoms with Crippen LogP contribution in [0.3, 0.4) is 0 Å². The van der Waals surface area contributed by atoms with Crippen LogP contribution in [0.1, 0.15) is 45.4 Å². The van der Waals surface area contributed by atoms with E-state index in [1.54, 1.807) is 4.90 Å². The highest BCUT2D eigenvalue weighted by molar-refractivity contribution is 5.95. The van der Waals surface area contributed by atoms with E-state index in [-0.39, 0.29) is 37.4 Å². The van der Waals surface area contributed by atoms with E-state index in [4.69, 9.17) is 4.74 Å². The van der Waals surface area contributed by atoms with Crippen LogP contribution < -0.4 is 10.2 Å². The Morgan fingerprint density at radius 1 is 1.12 bits per heavy atom. The molecule has 0 aromatic heterocycles. The highest BCUT2D eigenvalue weighted by Crippen LogP contribution is 2.27. The molecule has 1 aromatic carbocycles. The van der Waals surface area contributed by atoms with Gasteiger partial charge in [0.2, 0.25) is 5.91 Å². The maximum atomic E-state index is 12.7. The van der Waals surface area contributed by atoms with E-state index in [9.17, 15) is 14.4 Å². The predicted octanol–water partition coefficient (Wildman–Crippen LogP) is 2.42. The fourth-order valence-electron chi connectivity index (χ4n) is 3.11. The van der Waals surface area contributed by atoms with Gasteiger partial charge >= 0.3 is 5.97 Å². The number of carbonyl (C=O) groups is 3. The summed E-state index contributed by atoms with van der Waals surface area (Å²) in [5.74, 6) is -0.888. The Hall–Kier alpha value is -2.37. The zero-order valence-corrected chi connectivity index (χ0v) is 14.7. The van der Waals surface area contributed by atoms with Gasteiger partial charge in [0.25, 0.3) is 5.91 Å². The van der Waals surface area contributed by atoms with Crippen molar-refractivity contribution in [2.75, 3.05) is 18.1 Å². The molecule has 0 heterocycles. The SMILES string of the molecule is CC(=O)NCCC(=O)OCC(=O)N(c1ccccc1)C1CCCCC1. The van der Waals surface area contributed by atoms with Gasteiger partial charge in [0.05, 0.1) is 6.42 Å². The van der Waals surface area contributed by atoms with Crippen molar-refractivity contribution in [3.8, 4) is 0 Å². The van der Waals surface area contributed by atoms with Gasteiger partial charge in [-0.05, 0) is 25.0 Å². The monoisotopic (exact) mass is 346 g/mol. The number of hydrogen-bond donors (Lipinski definition) is 1. The third-order valence-electron chi connectivity index (χ3n) is 4.30. The van der Waals surface area contributed by atoms with E-state index in [0.29, 0.717) is 0 Å². The highest BCUT2D eigenvalue weighted by Gasteiger charge is 2.27. The van der Waals surface area contributed by atoms with Gasteiger partial charge in [-0.1, -0.05) is 37.5 Å². The maximum Gasteiger partial charge on any atom is 0.308 e. The van der Waals surface area contributed by atoms with Gasteiger partial charge in [-0.25, -0.2) is 0 Å². The minimum atomic E-state index is -0.487. The summed E-state index contributed by atoms with van der Waals surface area (Å²) in [5, 5.41) is 2.53. The van der Waals surface area contributed by atoms with Crippen molar-refractivity contribution in [1.82, 2.24) is 5.32 Å². The lowest BCUT2D eigenvalue weighted by Gasteiger charge is -2.34. The van der Waals surface area contributed by atoms with E-state index >= 15 is 0 Å². The first-order valence-electron chi connectivity index (χ1n) is 8.85. The molecule has 25 heavy (non-hydrogen) atoms. The van der Waals surface area contributed by atoms with E-state index in [2.05, 4.69) is 5.32 Å². The van der Waals surface area contributed by atoms with Crippen molar-refractivity contribution >= 4 is 23.5 Å². The molecule has 0 atom stereocenters. The number of amides is 2. The molecule has 6 heteroatoms. The quantitative estimate of drug-likeness (QED) is 0.769. The Kier molecular flexibility index (Phi) is 7.44. The number of esters is 1. The third-order valence-corrected chi connectivity index (χ3v) is 4.30. The van der Waals surface area contributed by atoms with Gasteiger partial charge in [-0.15, -0.1) is 0 Å². The molecule has 0 spiro atoms. The number of anilines is 1. The summed E-state index contributed by atoms with van der Waals surface area (Å²) < 4.78 is 5.10. The van der Waals surface area contributed by atoms with Crippen LogP contribution >= 0.6 is 0 Å². The zero-order chi connectivity index (χ0) is 18.1. The summed E-state index contributed by atoms with van der Waals surface area (Å²) in [6, 6.07) is 9.68. The average molecular weight is 346 g/mol. The van der Waals surface area contributed by atoms with Crippen molar-refractivity contribution in [2.45, 2.75) is 51.5 Å². The predicted molar refractivity (Wildman–Crippen MR) is 95.1 cm³/mol. The van der Waals surface area contributed by atoms with Gasteiger partial charge in [0, 0.05) is 25.2 Å². The van der Waals surface area contributed by atoms with Gasteiger partial charge < -0.3 is 15.0 Å². The molecule has 0 saturated heterocycles. The molecule has 0 bridgehead atoms. The Morgan fingerprint density at radius 3 is 2.44 bits per heavy atom. The van der Waals surface area contributed by atoms with Crippen LogP contribution in [0.5, 0.6) is 0 Å². The lowest BCUT2D eigenvalue weighted by atomic mass is 9.93. The molecule has 1 N–H and O–H groups in total. The molecule has 1 aliphatic rings. The molecule has 2 amide bonds. The second-order valence-corrected chi connectivity index (χ2v) is 6.28. The summed E-state index contributed by atoms with van der Waals surface area (Å²) in [6.45, 7) is 1.33. The first kappa shape index (κ1) is 19.0. The Labute approximate surface area is 148 Å². The van der Waals surface area contributed by atoms with Crippen molar-refractivity contribution in [2.24, 2.45) is 0 Å². The molecule has 136 valence electrons. The number of para-hydroxylation sites is 1. The molecular formula is C19H26N2O4. The number of nitrogens with zero attached hydrogens (tertiary/aromatic N) is 1. The molecule has 6 nitrogen and oxygen atoms in total. The lowest BCUT2D eigenvalue weighted by Crippen LogP contribution is -2.44. The fraction of sp³-hybridized carbons (Fsp3) is 0.526. The number of hydrogen-bond acceptors (Lipinski definition) is 4. The number of ether oxygens (including phenoxy) is 1. The van der Waals surface area contributed by atoms with Crippen LogP contribution in [-0.4, -0.2) is 37.0 Å². The molecule has 0 aliphatic heterocycles. The topological polar surface area (TPSA) is 75.7 Å². The molecule has 1 saturated carbocycles. The second kappa shape index (κ2) is 9.81. The van der Waals surface area contributed by atoms with E-state index in [1.807, 2.05) is 30.3 Å². The minimum absolute atomic E-state index is 0.0572. The zero-order valence-electron chi connectivity index (χ0n) is 14.7. The van der Waals surface area contributed by atoms with Crippen molar-refractivity contribution in [3.05, 3.63) is 30.3 Å². The number of nitrogens with one attached hydrogen (secondary N) is 1. The van der Waals surface area contributed by atoms with Crippen molar-refractivity contribution in [1.29, 1.82) is 0 Å². The maximum absolute atomic E-state index is 12.7. The molecule has 1 fully saturated rings. The molecular weight excluding hydrogens is 320 g/mol. The van der Waals surface area contributed by atoms with E-state index < -0.39 is 5.97 Å². The van der Waals surface area contributed by atoms with Crippen molar-refractivity contribution < 1.29 is 19.1 Å². The summed E-state index contributed by atoms with van der Waals surface area (Å²) in [6.07, 6.45) is 5.41. The molecule has 0 radical (unpaired) electrons. The van der Waals surface area contributed by atoms with E-state index in [1.165, 1.54) is 13.3 Å². The van der Waals surface area contributed by atoms with Gasteiger partial charge in [0.15, 0.2) is 6.61 Å². The first-order valence-corrected chi connectivity index (χ1v) is 8.85. The first-order chi connectivity index (χ1) is 12.1. The van der Waals surface area contributed by atoms with E-state index in [0.717, 1.165) is 31.4 Å². The molecule has 1 aliphatic carbocycles. The Balaban J connectivity index is 1.93. The fourth-order valence-corrected chi connectivity index (χ4v) is 3.11. The third kappa shape index (κ3) is 6.21. The Morgan fingerprint density at radius 2 is 1.80 bits per heavy atom. The largest absolute Gasteiger partial charge is 0.455 e. The normalized spacial score (nSPS) is 14.6. The smallest absolute Gasteiger partial charge is 0.308 e. The van der Waals surface area contributed by atoms with Gasteiger partial charge in [-0.3, -0.25) is 14.4 Å². The number of carbonyl (C=O) groups excluding carboxylic acids is 3. The van der Waals surface area contributed by atoms with Crippen LogP contribution in [0.25, 0.3) is 0 Å². The highest BCUT2D eigenvalue weighted by atomic mass is 16.5. The van der Waals surface area contributed by atoms with Crippen molar-refractivity contribution in [3.63, 3.8) is 0 Å². The molecule has 0 unspecified atom stereocenters. The summed E-state index contributed by atoms with van der Waals surface area (Å²) >= 11 is 0. The van der Waals surface area contributed by atoms with Gasteiger partial charge in [0.1, 0.15) is 0 Å². The second-order valence-electron chi connectivity index (χ2n) is 6.28. The minimum Gasteiger partial charge on any atom is -0.455 e. The molecule has 1 aromatic rings. The van der Waals surface area contributed by atoms with Crippen LogP contribution in [-0.2, 0) is 19.1 Å². The summed E-state index contributed by atoms with van der Waals surface area (Å²) in [4.78, 5) is 37.0. The number of benzene rings is 1. The standard InChI is InChI=1S/C19H26N2O4/c1-15(22)20-13-12-19(24)25-14-18(23)21(16-8-4-2-5-9-16)17-10-6-3-7-11-17/h2,4-5,8-9,17H,3,6-7,10-14H2,1H3,(H,20,22). The van der Waals surface area contributed by atoms with Crippen LogP contribution in [0.15, 0.2) is 30.3 Å². The summed E-state index contributed by atoms with van der Waals surface area (Å²) in [5.41, 5.74) is 0.841. The van der Waals surface area contributed by atoms with Crippen LogP contribution in [0.4, 0.5) is 5.69 Å². The van der Waals surface area contributed by atoms with Gasteiger partial charge in [-0.2, -0.15) is 0 Å². The lowest BCUT2D eigenvalue weighted by molar-refractivity contribution is -0.147. The average Bonchev–Trinajstić information content (AvgIpc) is 2.62. The van der Waals surface area contributed by atoms with Crippen LogP contribution in [0.2, 0.25) is 0 Å². The molecule has 2 rings (SSSR count). The van der Waals surface area contributed by atoms with Crippen LogP contribution in [0, 0.1) is 0 Å². The Bertz CT molecular complexity index is 582. The number of rotatable bonds is 7.